The lowest BCUT2D eigenvalue weighted by Gasteiger charge is -2.26. The van der Waals surface area contributed by atoms with E-state index in [-0.39, 0.29) is 0 Å². The van der Waals surface area contributed by atoms with Gasteiger partial charge in [-0.25, -0.2) is 4.39 Å². The largest absolute Gasteiger partial charge is 0.416 e. The van der Waals surface area contributed by atoms with Crippen LogP contribution in [0, 0.1) is 11.2 Å². The predicted molar refractivity (Wildman–Crippen MR) is 67.5 cm³/mol. The van der Waals surface area contributed by atoms with Gasteiger partial charge in [0.15, 0.2) is 0 Å². The minimum Gasteiger partial charge on any atom is -0.322 e. The van der Waals surface area contributed by atoms with Gasteiger partial charge in [0.05, 0.1) is 17.3 Å². The Balaban J connectivity index is 3.01. The van der Waals surface area contributed by atoms with Gasteiger partial charge in [-0.1, -0.05) is 20.8 Å². The van der Waals surface area contributed by atoms with Gasteiger partial charge in [0, 0.05) is 0 Å². The average molecular weight is 292 g/mol. The molecule has 0 saturated heterocycles. The van der Waals surface area contributed by atoms with Crippen LogP contribution in [0.1, 0.15) is 26.3 Å². The summed E-state index contributed by atoms with van der Waals surface area (Å²) in [6.45, 7) is 5.08. The zero-order valence-electron chi connectivity index (χ0n) is 11.3. The number of rotatable bonds is 2. The van der Waals surface area contributed by atoms with E-state index in [9.17, 15) is 22.4 Å². The van der Waals surface area contributed by atoms with Crippen molar-refractivity contribution in [1.29, 1.82) is 0 Å². The maximum atomic E-state index is 13.5. The summed E-state index contributed by atoms with van der Waals surface area (Å²) in [4.78, 5) is 11.8. The van der Waals surface area contributed by atoms with Crippen LogP contribution >= 0.6 is 0 Å². The van der Waals surface area contributed by atoms with Crippen LogP contribution in [-0.4, -0.2) is 11.9 Å². The van der Waals surface area contributed by atoms with Crippen molar-refractivity contribution < 1.29 is 22.4 Å². The third kappa shape index (κ3) is 3.93. The Morgan fingerprint density at radius 3 is 2.25 bits per heavy atom. The number of anilines is 1. The quantitative estimate of drug-likeness (QED) is 0.823. The van der Waals surface area contributed by atoms with Crippen molar-refractivity contribution in [3.05, 3.63) is 29.6 Å². The second-order valence-corrected chi connectivity index (χ2v) is 5.53. The third-order valence-electron chi connectivity index (χ3n) is 2.77. The van der Waals surface area contributed by atoms with Crippen LogP contribution in [0.3, 0.4) is 0 Å². The molecular weight excluding hydrogens is 276 g/mol. The topological polar surface area (TPSA) is 55.1 Å². The van der Waals surface area contributed by atoms with Crippen LogP contribution in [0.25, 0.3) is 0 Å². The molecule has 0 unspecified atom stereocenters. The highest BCUT2D eigenvalue weighted by atomic mass is 19.4. The van der Waals surface area contributed by atoms with E-state index in [0.717, 1.165) is 0 Å². The summed E-state index contributed by atoms with van der Waals surface area (Å²) >= 11 is 0. The number of halogens is 4. The Kier molecular flexibility index (Phi) is 4.43. The van der Waals surface area contributed by atoms with Gasteiger partial charge in [-0.2, -0.15) is 13.2 Å². The molecule has 1 rings (SSSR count). The number of hydrogen-bond donors (Lipinski definition) is 2. The number of carbonyl (C=O) groups excluding carboxylic acids is 1. The van der Waals surface area contributed by atoms with Gasteiger partial charge in [0.2, 0.25) is 5.91 Å². The van der Waals surface area contributed by atoms with Crippen molar-refractivity contribution in [1.82, 2.24) is 0 Å². The number of hydrogen-bond acceptors (Lipinski definition) is 2. The predicted octanol–water partition coefficient (Wildman–Crippen LogP) is 3.16. The summed E-state index contributed by atoms with van der Waals surface area (Å²) in [5.74, 6) is -1.69. The van der Waals surface area contributed by atoms with Crippen molar-refractivity contribution in [3.8, 4) is 0 Å². The zero-order valence-corrected chi connectivity index (χ0v) is 11.3. The monoisotopic (exact) mass is 292 g/mol. The van der Waals surface area contributed by atoms with E-state index in [1.807, 2.05) is 0 Å². The first-order valence-corrected chi connectivity index (χ1v) is 5.86. The second kappa shape index (κ2) is 5.40. The molecule has 0 aliphatic rings. The van der Waals surface area contributed by atoms with E-state index in [4.69, 9.17) is 5.73 Å². The Labute approximate surface area is 114 Å². The molecule has 0 aliphatic heterocycles. The van der Waals surface area contributed by atoms with Gasteiger partial charge in [0.1, 0.15) is 5.82 Å². The fourth-order valence-electron chi connectivity index (χ4n) is 1.40. The highest BCUT2D eigenvalue weighted by Crippen LogP contribution is 2.32. The number of amides is 1. The van der Waals surface area contributed by atoms with Crippen LogP contribution < -0.4 is 11.1 Å². The van der Waals surface area contributed by atoms with Crippen molar-refractivity contribution >= 4 is 11.6 Å². The molecule has 0 bridgehead atoms. The molecule has 1 atom stereocenters. The molecule has 0 aliphatic carbocycles. The summed E-state index contributed by atoms with van der Waals surface area (Å²) in [6, 6.07) is 0.828. The van der Waals surface area contributed by atoms with Gasteiger partial charge < -0.3 is 11.1 Å². The highest BCUT2D eigenvalue weighted by Gasteiger charge is 2.32. The van der Waals surface area contributed by atoms with E-state index in [1.165, 1.54) is 0 Å². The number of benzene rings is 1. The molecule has 3 nitrogen and oxygen atoms in total. The fraction of sp³-hybridized carbons (Fsp3) is 0.462. The molecule has 0 heterocycles. The highest BCUT2D eigenvalue weighted by molar-refractivity contribution is 5.95. The van der Waals surface area contributed by atoms with Gasteiger partial charge in [-0.15, -0.1) is 0 Å². The SMILES string of the molecule is CC(C)(C)[C@@H](N)C(=O)Nc1cc(C(F)(F)F)ccc1F. The van der Waals surface area contributed by atoms with Gasteiger partial charge >= 0.3 is 6.18 Å². The molecule has 1 amide bonds. The number of nitrogens with two attached hydrogens (primary N) is 1. The van der Waals surface area contributed by atoms with Gasteiger partial charge in [-0.3, -0.25) is 4.79 Å². The summed E-state index contributed by atoms with van der Waals surface area (Å²) in [5, 5.41) is 2.09. The third-order valence-corrected chi connectivity index (χ3v) is 2.77. The molecular formula is C13H16F4N2O. The maximum absolute atomic E-state index is 13.5. The van der Waals surface area contributed by atoms with Crippen LogP contribution in [0.5, 0.6) is 0 Å². The lowest BCUT2D eigenvalue weighted by Crippen LogP contribution is -2.45. The van der Waals surface area contributed by atoms with E-state index in [0.29, 0.717) is 18.2 Å². The zero-order chi connectivity index (χ0) is 15.7. The van der Waals surface area contributed by atoms with E-state index in [2.05, 4.69) is 5.32 Å². The van der Waals surface area contributed by atoms with Crippen LogP contribution in [-0.2, 0) is 11.0 Å². The van der Waals surface area contributed by atoms with Crippen molar-refractivity contribution in [2.75, 3.05) is 5.32 Å². The lowest BCUT2D eigenvalue weighted by atomic mass is 9.87. The molecule has 0 spiro atoms. The minimum atomic E-state index is -4.61. The van der Waals surface area contributed by atoms with Crippen molar-refractivity contribution in [2.45, 2.75) is 33.0 Å². The van der Waals surface area contributed by atoms with Crippen LogP contribution in [0.15, 0.2) is 18.2 Å². The Hall–Kier alpha value is -1.63. The number of alkyl halides is 3. The van der Waals surface area contributed by atoms with Crippen molar-refractivity contribution in [2.24, 2.45) is 11.1 Å². The molecule has 0 fully saturated rings. The molecule has 3 N–H and O–H groups in total. The number of carbonyl (C=O) groups is 1. The average Bonchev–Trinajstić information content (AvgIpc) is 2.28. The Morgan fingerprint density at radius 2 is 1.80 bits per heavy atom. The Morgan fingerprint density at radius 1 is 1.25 bits per heavy atom. The lowest BCUT2D eigenvalue weighted by molar-refractivity contribution is -0.137. The van der Waals surface area contributed by atoms with Crippen LogP contribution in [0.2, 0.25) is 0 Å². The summed E-state index contributed by atoms with van der Waals surface area (Å²) in [5.41, 5.74) is 3.48. The van der Waals surface area contributed by atoms with Crippen LogP contribution in [0.4, 0.5) is 23.2 Å². The molecule has 112 valence electrons. The molecule has 20 heavy (non-hydrogen) atoms. The summed E-state index contributed by atoms with van der Waals surface area (Å²) in [7, 11) is 0. The Bertz CT molecular complexity index is 506. The molecule has 1 aromatic carbocycles. The smallest absolute Gasteiger partial charge is 0.322 e. The molecule has 0 saturated carbocycles. The van der Waals surface area contributed by atoms with Gasteiger partial charge in [-0.05, 0) is 23.6 Å². The summed E-state index contributed by atoms with van der Waals surface area (Å²) < 4.78 is 51.0. The van der Waals surface area contributed by atoms with Gasteiger partial charge in [0.25, 0.3) is 0 Å². The first-order chi connectivity index (χ1) is 8.93. The van der Waals surface area contributed by atoms with E-state index < -0.39 is 40.6 Å². The molecule has 1 aromatic rings. The second-order valence-electron chi connectivity index (χ2n) is 5.53. The van der Waals surface area contributed by atoms with E-state index in [1.54, 1.807) is 20.8 Å². The fourth-order valence-corrected chi connectivity index (χ4v) is 1.40. The normalized spacial score (nSPS) is 14.0. The molecule has 7 heteroatoms. The molecule has 0 aromatic heterocycles. The standard InChI is InChI=1S/C13H16F4N2O/c1-12(2,3)10(18)11(20)19-9-6-7(13(15,16)17)4-5-8(9)14/h4-6,10H,18H2,1-3H3,(H,19,20)/t10-/m0/s1. The van der Waals surface area contributed by atoms with E-state index >= 15 is 0 Å². The first-order valence-electron chi connectivity index (χ1n) is 5.86. The van der Waals surface area contributed by atoms with Crippen molar-refractivity contribution in [3.63, 3.8) is 0 Å². The number of nitrogens with one attached hydrogen (secondary N) is 1. The molecule has 0 radical (unpaired) electrons. The first kappa shape index (κ1) is 16.4. The summed E-state index contributed by atoms with van der Waals surface area (Å²) in [6.07, 6.45) is -4.61. The minimum absolute atomic E-state index is 0.537. The maximum Gasteiger partial charge on any atom is 0.416 e.